The smallest absolute Gasteiger partial charge is 0.0673 e. The topological polar surface area (TPSA) is 15.6 Å². The molecule has 2 aromatic rings. The molecular formula is C21H24Cl2N2. The molecule has 132 valence electrons. The Morgan fingerprint density at radius 2 is 1.92 bits per heavy atom. The van der Waals surface area contributed by atoms with Gasteiger partial charge in [-0.15, -0.1) is 0 Å². The molecule has 1 atom stereocenters. The van der Waals surface area contributed by atoms with Gasteiger partial charge in [0.05, 0.1) is 10.7 Å². The van der Waals surface area contributed by atoms with Gasteiger partial charge in [-0.2, -0.15) is 0 Å². The Hall–Kier alpha value is -1.51. The summed E-state index contributed by atoms with van der Waals surface area (Å²) in [6, 6.07) is 9.97. The summed E-state index contributed by atoms with van der Waals surface area (Å²) >= 11 is 12.6. The molecule has 0 N–H and O–H groups in total. The molecular weight excluding hydrogens is 351 g/mol. The fraction of sp³-hybridized carbons (Fsp3) is 0.381. The van der Waals surface area contributed by atoms with Crippen molar-refractivity contribution in [1.82, 2.24) is 0 Å². The maximum Gasteiger partial charge on any atom is 0.0673 e. The minimum Gasteiger partial charge on any atom is -0.369 e. The number of aryl methyl sites for hydroxylation is 1. The van der Waals surface area contributed by atoms with Crippen LogP contribution in [-0.4, -0.2) is 18.8 Å². The highest BCUT2D eigenvalue weighted by atomic mass is 35.5. The van der Waals surface area contributed by atoms with Crippen LogP contribution in [-0.2, 0) is 0 Å². The van der Waals surface area contributed by atoms with Crippen molar-refractivity contribution < 1.29 is 0 Å². The minimum atomic E-state index is 0.128. The van der Waals surface area contributed by atoms with Crippen LogP contribution in [0.5, 0.6) is 0 Å². The van der Waals surface area contributed by atoms with Gasteiger partial charge >= 0.3 is 0 Å². The number of hydrogen-bond donors (Lipinski definition) is 0. The Bertz CT molecular complexity index is 840. The zero-order chi connectivity index (χ0) is 18.4. The molecule has 0 spiro atoms. The number of anilines is 1. The first kappa shape index (κ1) is 18.3. The molecule has 1 unspecified atom stereocenters. The molecule has 0 aromatic heterocycles. The van der Waals surface area contributed by atoms with Crippen molar-refractivity contribution in [2.24, 2.45) is 4.99 Å². The van der Waals surface area contributed by atoms with Gasteiger partial charge in [-0.05, 0) is 68.5 Å². The Kier molecular flexibility index (Phi) is 4.87. The lowest BCUT2D eigenvalue weighted by Crippen LogP contribution is -2.45. The summed E-state index contributed by atoms with van der Waals surface area (Å²) < 4.78 is 0. The van der Waals surface area contributed by atoms with E-state index in [9.17, 15) is 0 Å². The van der Waals surface area contributed by atoms with E-state index in [0.717, 1.165) is 28.3 Å². The largest absolute Gasteiger partial charge is 0.369 e. The average molecular weight is 375 g/mol. The van der Waals surface area contributed by atoms with Crippen LogP contribution in [0.25, 0.3) is 0 Å². The van der Waals surface area contributed by atoms with Gasteiger partial charge in [-0.1, -0.05) is 36.2 Å². The van der Waals surface area contributed by atoms with Gasteiger partial charge in [0.25, 0.3) is 0 Å². The van der Waals surface area contributed by atoms with E-state index < -0.39 is 0 Å². The van der Waals surface area contributed by atoms with Crippen molar-refractivity contribution in [2.75, 3.05) is 11.9 Å². The summed E-state index contributed by atoms with van der Waals surface area (Å²) in [6.45, 7) is 8.86. The molecule has 0 radical (unpaired) electrons. The second-order valence-electron chi connectivity index (χ2n) is 7.60. The van der Waals surface area contributed by atoms with Crippen LogP contribution >= 0.6 is 23.2 Å². The summed E-state index contributed by atoms with van der Waals surface area (Å²) in [4.78, 5) is 6.94. The Morgan fingerprint density at radius 1 is 1.20 bits per heavy atom. The van der Waals surface area contributed by atoms with Crippen LogP contribution in [0.3, 0.4) is 0 Å². The van der Waals surface area contributed by atoms with Crippen molar-refractivity contribution in [3.05, 3.63) is 57.1 Å². The van der Waals surface area contributed by atoms with E-state index in [2.05, 4.69) is 49.8 Å². The van der Waals surface area contributed by atoms with Gasteiger partial charge in [-0.25, -0.2) is 0 Å². The van der Waals surface area contributed by atoms with Gasteiger partial charge in [0.1, 0.15) is 0 Å². The second-order valence-corrected chi connectivity index (χ2v) is 8.44. The van der Waals surface area contributed by atoms with Gasteiger partial charge < -0.3 is 4.90 Å². The predicted octanol–water partition coefficient (Wildman–Crippen LogP) is 6.77. The van der Waals surface area contributed by atoms with Crippen molar-refractivity contribution in [3.8, 4) is 0 Å². The van der Waals surface area contributed by atoms with Gasteiger partial charge in [-0.3, -0.25) is 4.99 Å². The molecule has 0 amide bonds. The molecule has 0 fully saturated rings. The van der Waals surface area contributed by atoms with Crippen molar-refractivity contribution in [2.45, 2.75) is 45.6 Å². The van der Waals surface area contributed by atoms with E-state index in [1.165, 1.54) is 11.3 Å². The molecule has 0 bridgehead atoms. The zero-order valence-corrected chi connectivity index (χ0v) is 16.9. The number of rotatable bonds is 2. The van der Waals surface area contributed by atoms with Gasteiger partial charge in [0, 0.05) is 35.1 Å². The monoisotopic (exact) mass is 374 g/mol. The second kappa shape index (κ2) is 6.66. The lowest BCUT2D eigenvalue weighted by molar-refractivity contribution is 0.395. The Balaban J connectivity index is 2.01. The zero-order valence-electron chi connectivity index (χ0n) is 15.4. The highest BCUT2D eigenvalue weighted by Gasteiger charge is 2.34. The summed E-state index contributed by atoms with van der Waals surface area (Å²) in [5.74, 6) is 0.485. The van der Waals surface area contributed by atoms with Crippen LogP contribution in [0.15, 0.2) is 35.3 Å². The number of aliphatic imine (C=N–C) groups is 1. The minimum absolute atomic E-state index is 0.128. The van der Waals surface area contributed by atoms with Crippen molar-refractivity contribution in [3.63, 3.8) is 0 Å². The lowest BCUT2D eigenvalue weighted by atomic mass is 9.80. The van der Waals surface area contributed by atoms with E-state index in [1.807, 2.05) is 31.3 Å². The number of nitrogens with zero attached hydrogens (tertiary/aromatic N) is 2. The number of hydrogen-bond acceptors (Lipinski definition) is 2. The van der Waals surface area contributed by atoms with Crippen LogP contribution in [0.2, 0.25) is 10.0 Å². The predicted molar refractivity (Wildman–Crippen MR) is 110 cm³/mol. The third kappa shape index (κ3) is 3.56. The average Bonchev–Trinajstić information content (AvgIpc) is 2.54. The maximum atomic E-state index is 6.56. The third-order valence-electron chi connectivity index (χ3n) is 5.27. The standard InChI is InChI=1S/C21H24Cl2N2/c1-13-6-7-16(22)9-19(13)24-12-15-8-17-14(2)11-21(3,4)25(5)20(17)10-18(15)23/h6-10,12,14H,11H2,1-5H3. The molecule has 0 saturated carbocycles. The van der Waals surface area contributed by atoms with E-state index in [1.54, 1.807) is 0 Å². The number of benzene rings is 2. The first-order valence-electron chi connectivity index (χ1n) is 8.56. The van der Waals surface area contributed by atoms with Gasteiger partial charge in [0.15, 0.2) is 0 Å². The van der Waals surface area contributed by atoms with E-state index >= 15 is 0 Å². The molecule has 25 heavy (non-hydrogen) atoms. The number of fused-ring (bicyclic) bond motifs is 1. The number of halogens is 2. The van der Waals surface area contributed by atoms with E-state index in [4.69, 9.17) is 23.2 Å². The fourth-order valence-electron chi connectivity index (χ4n) is 3.56. The Labute approximate surface area is 160 Å². The van der Waals surface area contributed by atoms with Crippen LogP contribution in [0.4, 0.5) is 11.4 Å². The quantitative estimate of drug-likeness (QED) is 0.529. The summed E-state index contributed by atoms with van der Waals surface area (Å²) in [5, 5.41) is 1.41. The molecule has 2 aromatic carbocycles. The molecule has 0 aliphatic carbocycles. The van der Waals surface area contributed by atoms with Crippen molar-refractivity contribution in [1.29, 1.82) is 0 Å². The SMILES string of the molecule is Cc1ccc(Cl)cc1N=Cc1cc2c(cc1Cl)N(C)C(C)(C)CC2C. The van der Waals surface area contributed by atoms with Crippen LogP contribution < -0.4 is 4.90 Å². The maximum absolute atomic E-state index is 6.56. The van der Waals surface area contributed by atoms with E-state index in [-0.39, 0.29) is 5.54 Å². The molecule has 3 rings (SSSR count). The summed E-state index contributed by atoms with van der Waals surface area (Å²) in [6.07, 6.45) is 2.95. The van der Waals surface area contributed by atoms with Crippen LogP contribution in [0.1, 0.15) is 49.8 Å². The molecule has 1 heterocycles. The molecule has 2 nitrogen and oxygen atoms in total. The third-order valence-corrected chi connectivity index (χ3v) is 5.83. The Morgan fingerprint density at radius 3 is 2.64 bits per heavy atom. The summed E-state index contributed by atoms with van der Waals surface area (Å²) in [7, 11) is 2.14. The highest BCUT2D eigenvalue weighted by molar-refractivity contribution is 6.33. The lowest BCUT2D eigenvalue weighted by Gasteiger charge is -2.45. The first-order valence-corrected chi connectivity index (χ1v) is 9.32. The normalized spacial score (nSPS) is 19.3. The van der Waals surface area contributed by atoms with Gasteiger partial charge in [0.2, 0.25) is 0 Å². The van der Waals surface area contributed by atoms with Crippen molar-refractivity contribution >= 4 is 40.8 Å². The molecule has 4 heteroatoms. The molecule has 0 saturated heterocycles. The van der Waals surface area contributed by atoms with E-state index in [0.29, 0.717) is 10.9 Å². The highest BCUT2D eigenvalue weighted by Crippen LogP contribution is 2.44. The van der Waals surface area contributed by atoms with Crippen LogP contribution in [0, 0.1) is 6.92 Å². The fourth-order valence-corrected chi connectivity index (χ4v) is 3.94. The molecule has 1 aliphatic rings. The summed E-state index contributed by atoms with van der Waals surface area (Å²) in [5.41, 5.74) is 5.57. The first-order chi connectivity index (χ1) is 11.7. The molecule has 1 aliphatic heterocycles.